The highest BCUT2D eigenvalue weighted by Crippen LogP contribution is 2.32. The summed E-state index contributed by atoms with van der Waals surface area (Å²) in [6.45, 7) is 5.96. The van der Waals surface area contributed by atoms with Crippen molar-refractivity contribution in [3.63, 3.8) is 0 Å². The molecule has 172 valence electrons. The van der Waals surface area contributed by atoms with Crippen LogP contribution in [-0.4, -0.2) is 51.4 Å². The molecule has 6 nitrogen and oxygen atoms in total. The van der Waals surface area contributed by atoms with Crippen molar-refractivity contribution in [3.8, 4) is 0 Å². The summed E-state index contributed by atoms with van der Waals surface area (Å²) in [5.41, 5.74) is 1.20. The molecule has 2 saturated heterocycles. The van der Waals surface area contributed by atoms with Crippen molar-refractivity contribution in [2.75, 3.05) is 24.5 Å². The van der Waals surface area contributed by atoms with Crippen LogP contribution in [0.5, 0.6) is 0 Å². The maximum Gasteiger partial charge on any atom is 0.416 e. The van der Waals surface area contributed by atoms with Crippen molar-refractivity contribution in [3.05, 3.63) is 47.0 Å². The summed E-state index contributed by atoms with van der Waals surface area (Å²) in [5.74, 6) is 0.913. The maximum absolute atomic E-state index is 13.1. The molecular weight excluding hydrogens is 419 g/mol. The fourth-order valence-electron chi connectivity index (χ4n) is 4.59. The van der Waals surface area contributed by atoms with Crippen molar-refractivity contribution in [1.82, 2.24) is 19.9 Å². The summed E-state index contributed by atoms with van der Waals surface area (Å²) in [6.07, 6.45) is 0.753. The molecule has 0 aromatic carbocycles. The average Bonchev–Trinajstić information content (AvgIpc) is 3.19. The SMILES string of the molecule is CC(=O)N1CCC(c2cc(Cc3cc(C(F)(F)F)ccn3)nc(N3CCC[C@H]3C)n2)CC1. The summed E-state index contributed by atoms with van der Waals surface area (Å²) in [6, 6.07) is 4.30. The van der Waals surface area contributed by atoms with Gasteiger partial charge >= 0.3 is 6.18 Å². The lowest BCUT2D eigenvalue weighted by molar-refractivity contribution is -0.137. The van der Waals surface area contributed by atoms with Crippen LogP contribution >= 0.6 is 0 Å². The molecule has 0 saturated carbocycles. The van der Waals surface area contributed by atoms with Gasteiger partial charge in [-0.15, -0.1) is 0 Å². The van der Waals surface area contributed by atoms with E-state index in [4.69, 9.17) is 9.97 Å². The van der Waals surface area contributed by atoms with Gasteiger partial charge in [0.25, 0.3) is 0 Å². The van der Waals surface area contributed by atoms with E-state index in [1.165, 1.54) is 6.20 Å². The zero-order valence-corrected chi connectivity index (χ0v) is 18.4. The number of nitrogens with zero attached hydrogens (tertiary/aromatic N) is 5. The van der Waals surface area contributed by atoms with Crippen LogP contribution in [0.15, 0.2) is 24.4 Å². The van der Waals surface area contributed by atoms with Crippen LogP contribution in [0.25, 0.3) is 0 Å². The molecule has 9 heteroatoms. The van der Waals surface area contributed by atoms with Crippen molar-refractivity contribution in [2.45, 2.75) is 64.1 Å². The highest BCUT2D eigenvalue weighted by Gasteiger charge is 2.31. The number of rotatable bonds is 4. The molecule has 0 unspecified atom stereocenters. The van der Waals surface area contributed by atoms with Gasteiger partial charge in [0.1, 0.15) is 0 Å². The number of piperidine rings is 1. The smallest absolute Gasteiger partial charge is 0.343 e. The first kappa shape index (κ1) is 22.5. The third-order valence-electron chi connectivity index (χ3n) is 6.46. The standard InChI is InChI=1S/C23H28F3N5O/c1-15-4-3-9-31(15)22-28-20(13-19-12-18(5-8-27-19)23(24,25)26)14-21(29-22)17-6-10-30(11-7-17)16(2)32/h5,8,12,14-15,17H,3-4,6-7,9-11,13H2,1-2H3/t15-/m1/s1. The van der Waals surface area contributed by atoms with Gasteiger partial charge in [0.2, 0.25) is 11.9 Å². The minimum atomic E-state index is -4.41. The first-order valence-corrected chi connectivity index (χ1v) is 11.1. The number of hydrogen-bond donors (Lipinski definition) is 0. The molecular formula is C23H28F3N5O. The molecule has 1 atom stereocenters. The lowest BCUT2D eigenvalue weighted by Gasteiger charge is -2.31. The molecule has 2 aliphatic heterocycles. The summed E-state index contributed by atoms with van der Waals surface area (Å²) < 4.78 is 39.4. The molecule has 0 N–H and O–H groups in total. The fraction of sp³-hybridized carbons (Fsp3) is 0.565. The Morgan fingerprint density at radius 3 is 2.47 bits per heavy atom. The number of hydrogen-bond acceptors (Lipinski definition) is 5. The Morgan fingerprint density at radius 2 is 1.84 bits per heavy atom. The maximum atomic E-state index is 13.1. The Morgan fingerprint density at radius 1 is 1.09 bits per heavy atom. The van der Waals surface area contributed by atoms with Crippen LogP contribution in [-0.2, 0) is 17.4 Å². The number of alkyl halides is 3. The Labute approximate surface area is 185 Å². The lowest BCUT2D eigenvalue weighted by Crippen LogP contribution is -2.36. The van der Waals surface area contributed by atoms with Gasteiger partial charge in [-0.3, -0.25) is 9.78 Å². The Bertz CT molecular complexity index is 972. The second-order valence-electron chi connectivity index (χ2n) is 8.76. The van der Waals surface area contributed by atoms with Crippen LogP contribution in [0.4, 0.5) is 19.1 Å². The minimum absolute atomic E-state index is 0.0778. The van der Waals surface area contributed by atoms with Gasteiger partial charge in [-0.05, 0) is 50.8 Å². The molecule has 0 bridgehead atoms. The molecule has 32 heavy (non-hydrogen) atoms. The Kier molecular flexibility index (Phi) is 6.35. The number of halogens is 3. The largest absolute Gasteiger partial charge is 0.416 e. The Hall–Kier alpha value is -2.71. The molecule has 2 aromatic heterocycles. The van der Waals surface area contributed by atoms with E-state index < -0.39 is 11.7 Å². The number of carbonyl (C=O) groups is 1. The van der Waals surface area contributed by atoms with Crippen molar-refractivity contribution in [2.24, 2.45) is 0 Å². The zero-order chi connectivity index (χ0) is 22.9. The molecule has 0 aliphatic carbocycles. The van der Waals surface area contributed by atoms with E-state index >= 15 is 0 Å². The van der Waals surface area contributed by atoms with E-state index in [1.807, 2.05) is 11.0 Å². The number of likely N-dealkylation sites (tertiary alicyclic amines) is 1. The molecule has 0 spiro atoms. The van der Waals surface area contributed by atoms with Crippen LogP contribution in [0.1, 0.15) is 68.1 Å². The fourth-order valence-corrected chi connectivity index (χ4v) is 4.59. The van der Waals surface area contributed by atoms with E-state index in [9.17, 15) is 18.0 Å². The van der Waals surface area contributed by atoms with Gasteiger partial charge < -0.3 is 9.80 Å². The predicted molar refractivity (Wildman–Crippen MR) is 114 cm³/mol. The van der Waals surface area contributed by atoms with Gasteiger partial charge in [-0.2, -0.15) is 13.2 Å². The average molecular weight is 448 g/mol. The van der Waals surface area contributed by atoms with Crippen LogP contribution in [0.3, 0.4) is 0 Å². The van der Waals surface area contributed by atoms with Crippen molar-refractivity contribution < 1.29 is 18.0 Å². The molecule has 2 aliphatic rings. The van der Waals surface area contributed by atoms with E-state index in [-0.39, 0.29) is 18.2 Å². The third kappa shape index (κ3) is 5.02. The molecule has 4 heterocycles. The van der Waals surface area contributed by atoms with Gasteiger partial charge in [-0.1, -0.05) is 0 Å². The quantitative estimate of drug-likeness (QED) is 0.703. The second-order valence-corrected chi connectivity index (χ2v) is 8.76. The summed E-state index contributed by atoms with van der Waals surface area (Å²) in [7, 11) is 0. The van der Waals surface area contributed by atoms with E-state index in [0.717, 1.165) is 50.1 Å². The summed E-state index contributed by atoms with van der Waals surface area (Å²) in [5, 5.41) is 0. The number of amides is 1. The molecule has 4 rings (SSSR count). The summed E-state index contributed by atoms with van der Waals surface area (Å²) >= 11 is 0. The van der Waals surface area contributed by atoms with E-state index in [2.05, 4.69) is 16.8 Å². The number of pyridine rings is 1. The molecule has 2 aromatic rings. The number of aromatic nitrogens is 3. The third-order valence-corrected chi connectivity index (χ3v) is 6.46. The normalized spacial score (nSPS) is 20.1. The van der Waals surface area contributed by atoms with E-state index in [0.29, 0.717) is 36.5 Å². The van der Waals surface area contributed by atoms with Crippen LogP contribution < -0.4 is 4.90 Å². The van der Waals surface area contributed by atoms with Gasteiger partial charge in [0.15, 0.2) is 0 Å². The minimum Gasteiger partial charge on any atom is -0.343 e. The second kappa shape index (κ2) is 9.03. The van der Waals surface area contributed by atoms with Gasteiger partial charge in [0, 0.05) is 62.5 Å². The first-order valence-electron chi connectivity index (χ1n) is 11.1. The zero-order valence-electron chi connectivity index (χ0n) is 18.4. The highest BCUT2D eigenvalue weighted by molar-refractivity contribution is 5.73. The molecule has 0 radical (unpaired) electrons. The predicted octanol–water partition coefficient (Wildman–Crippen LogP) is 4.20. The first-order chi connectivity index (χ1) is 15.2. The van der Waals surface area contributed by atoms with Gasteiger partial charge in [0.05, 0.1) is 11.3 Å². The van der Waals surface area contributed by atoms with Crippen LogP contribution in [0.2, 0.25) is 0 Å². The van der Waals surface area contributed by atoms with Crippen molar-refractivity contribution in [1.29, 1.82) is 0 Å². The van der Waals surface area contributed by atoms with Crippen molar-refractivity contribution >= 4 is 11.9 Å². The number of carbonyl (C=O) groups excluding carboxylic acids is 1. The lowest BCUT2D eigenvalue weighted by atomic mass is 9.92. The summed E-state index contributed by atoms with van der Waals surface area (Å²) in [4.78, 5) is 29.4. The van der Waals surface area contributed by atoms with Crippen LogP contribution in [0, 0.1) is 0 Å². The highest BCUT2D eigenvalue weighted by atomic mass is 19.4. The Balaban J connectivity index is 1.63. The number of anilines is 1. The van der Waals surface area contributed by atoms with Gasteiger partial charge in [-0.25, -0.2) is 9.97 Å². The topological polar surface area (TPSA) is 62.2 Å². The molecule has 1 amide bonds. The van der Waals surface area contributed by atoms with E-state index in [1.54, 1.807) is 6.92 Å². The molecule has 2 fully saturated rings. The monoisotopic (exact) mass is 447 g/mol.